The molecule has 5 heteroatoms. The van der Waals surface area contributed by atoms with Gasteiger partial charge >= 0.3 is 0 Å². The van der Waals surface area contributed by atoms with E-state index in [0.717, 1.165) is 16.4 Å². The van der Waals surface area contributed by atoms with Crippen LogP contribution in [-0.4, -0.2) is 15.0 Å². The molecule has 0 aromatic carbocycles. The molecule has 0 saturated heterocycles. The van der Waals surface area contributed by atoms with Crippen LogP contribution in [0.3, 0.4) is 0 Å². The van der Waals surface area contributed by atoms with Crippen LogP contribution < -0.4 is 5.32 Å². The molecule has 1 N–H and O–H groups in total. The summed E-state index contributed by atoms with van der Waals surface area (Å²) in [4.78, 5) is 13.1. The van der Waals surface area contributed by atoms with Gasteiger partial charge in [-0.1, -0.05) is 20.8 Å². The van der Waals surface area contributed by atoms with Crippen LogP contribution in [0.1, 0.15) is 37.2 Å². The molecule has 0 radical (unpaired) electrons. The maximum atomic E-state index is 4.62. The highest BCUT2D eigenvalue weighted by Gasteiger charge is 2.17. The Kier molecular flexibility index (Phi) is 3.61. The van der Waals surface area contributed by atoms with Crippen molar-refractivity contribution < 1.29 is 0 Å². The molecule has 0 aliphatic carbocycles. The fourth-order valence-electron chi connectivity index (χ4n) is 1.43. The van der Waals surface area contributed by atoms with E-state index < -0.39 is 0 Å². The molecule has 96 valence electrons. The third-order valence-corrected chi connectivity index (χ3v) is 3.36. The molecule has 2 aromatic heterocycles. The van der Waals surface area contributed by atoms with E-state index >= 15 is 0 Å². The van der Waals surface area contributed by atoms with Crippen LogP contribution in [0.2, 0.25) is 0 Å². The van der Waals surface area contributed by atoms with Crippen molar-refractivity contribution in [2.24, 2.45) is 0 Å². The maximum Gasteiger partial charge on any atom is 0.223 e. The van der Waals surface area contributed by atoms with Crippen LogP contribution in [0.5, 0.6) is 0 Å². The minimum Gasteiger partial charge on any atom is -0.348 e. The van der Waals surface area contributed by atoms with Gasteiger partial charge in [0.1, 0.15) is 5.01 Å². The number of aryl methyl sites for hydroxylation is 1. The zero-order chi connectivity index (χ0) is 13.2. The average Bonchev–Trinajstić information content (AvgIpc) is 2.74. The number of rotatable bonds is 3. The van der Waals surface area contributed by atoms with Crippen molar-refractivity contribution in [3.8, 4) is 0 Å². The molecule has 0 atom stereocenters. The summed E-state index contributed by atoms with van der Waals surface area (Å²) in [6, 6.07) is 1.88. The molecule has 0 bridgehead atoms. The second-order valence-electron chi connectivity index (χ2n) is 5.25. The highest BCUT2D eigenvalue weighted by Crippen LogP contribution is 2.24. The third-order valence-electron chi connectivity index (χ3n) is 2.51. The van der Waals surface area contributed by atoms with Crippen molar-refractivity contribution in [1.82, 2.24) is 15.0 Å². The minimum absolute atomic E-state index is 0.106. The Morgan fingerprint density at radius 1 is 1.28 bits per heavy atom. The maximum absolute atomic E-state index is 4.62. The quantitative estimate of drug-likeness (QED) is 0.923. The van der Waals surface area contributed by atoms with E-state index in [1.165, 1.54) is 0 Å². The Labute approximate surface area is 112 Å². The van der Waals surface area contributed by atoms with E-state index in [9.17, 15) is 0 Å². The number of nitrogens with zero attached hydrogens (tertiary/aromatic N) is 3. The van der Waals surface area contributed by atoms with Crippen LogP contribution in [0.4, 0.5) is 5.95 Å². The van der Waals surface area contributed by atoms with Crippen molar-refractivity contribution in [3.63, 3.8) is 0 Å². The van der Waals surface area contributed by atoms with Crippen LogP contribution in [0.15, 0.2) is 17.6 Å². The lowest BCUT2D eigenvalue weighted by Gasteiger charge is -2.14. The van der Waals surface area contributed by atoms with Crippen LogP contribution >= 0.6 is 11.3 Å². The SMILES string of the molecule is Cc1ccnc(NCc2nc(C(C)(C)C)cs2)n1. The molecule has 0 spiro atoms. The van der Waals surface area contributed by atoms with E-state index in [-0.39, 0.29) is 5.41 Å². The van der Waals surface area contributed by atoms with Gasteiger partial charge in [0.25, 0.3) is 0 Å². The predicted octanol–water partition coefficient (Wildman–Crippen LogP) is 3.15. The molecule has 0 amide bonds. The van der Waals surface area contributed by atoms with Crippen molar-refractivity contribution in [2.75, 3.05) is 5.32 Å². The van der Waals surface area contributed by atoms with Gasteiger partial charge in [-0.05, 0) is 13.0 Å². The van der Waals surface area contributed by atoms with Crippen LogP contribution in [0.25, 0.3) is 0 Å². The van der Waals surface area contributed by atoms with Gasteiger partial charge in [-0.25, -0.2) is 15.0 Å². The molecular formula is C13H18N4S. The topological polar surface area (TPSA) is 50.7 Å². The van der Waals surface area contributed by atoms with Gasteiger partial charge in [-0.15, -0.1) is 11.3 Å². The highest BCUT2D eigenvalue weighted by atomic mass is 32.1. The van der Waals surface area contributed by atoms with Gasteiger partial charge in [0, 0.05) is 22.7 Å². The zero-order valence-electron chi connectivity index (χ0n) is 11.2. The smallest absolute Gasteiger partial charge is 0.223 e. The van der Waals surface area contributed by atoms with Gasteiger partial charge in [0.2, 0.25) is 5.95 Å². The summed E-state index contributed by atoms with van der Waals surface area (Å²) in [7, 11) is 0. The second kappa shape index (κ2) is 5.02. The standard InChI is InChI=1S/C13H18N4S/c1-9-5-6-14-12(16-9)15-7-11-17-10(8-18-11)13(2,3)4/h5-6,8H,7H2,1-4H3,(H,14,15,16). The molecule has 2 heterocycles. The first-order valence-electron chi connectivity index (χ1n) is 5.93. The normalized spacial score (nSPS) is 11.6. The largest absolute Gasteiger partial charge is 0.348 e. The van der Waals surface area contributed by atoms with Crippen molar-refractivity contribution in [3.05, 3.63) is 34.0 Å². The fraction of sp³-hybridized carbons (Fsp3) is 0.462. The van der Waals surface area contributed by atoms with Crippen molar-refractivity contribution in [2.45, 2.75) is 39.7 Å². The van der Waals surface area contributed by atoms with E-state index in [1.807, 2.05) is 13.0 Å². The lowest BCUT2D eigenvalue weighted by Crippen LogP contribution is -2.12. The van der Waals surface area contributed by atoms with Crippen molar-refractivity contribution in [1.29, 1.82) is 0 Å². The number of aromatic nitrogens is 3. The van der Waals surface area contributed by atoms with E-state index in [2.05, 4.69) is 46.4 Å². The molecule has 4 nitrogen and oxygen atoms in total. The van der Waals surface area contributed by atoms with Gasteiger partial charge in [0.05, 0.1) is 12.2 Å². The summed E-state index contributed by atoms with van der Waals surface area (Å²) in [6.07, 6.45) is 1.76. The molecule has 0 aliphatic rings. The fourth-order valence-corrected chi connectivity index (χ4v) is 2.39. The highest BCUT2D eigenvalue weighted by molar-refractivity contribution is 7.09. The Morgan fingerprint density at radius 2 is 2.06 bits per heavy atom. The molecule has 18 heavy (non-hydrogen) atoms. The minimum atomic E-state index is 0.106. The first-order chi connectivity index (χ1) is 8.45. The molecular weight excluding hydrogens is 244 g/mol. The number of hydrogen-bond donors (Lipinski definition) is 1. The predicted molar refractivity (Wildman–Crippen MR) is 74.9 cm³/mol. The third kappa shape index (κ3) is 3.26. The Morgan fingerprint density at radius 3 is 2.67 bits per heavy atom. The monoisotopic (exact) mass is 262 g/mol. The summed E-state index contributed by atoms with van der Waals surface area (Å²) in [6.45, 7) is 9.13. The average molecular weight is 262 g/mol. The van der Waals surface area contributed by atoms with Gasteiger partial charge in [-0.2, -0.15) is 0 Å². The van der Waals surface area contributed by atoms with Gasteiger partial charge in [0.15, 0.2) is 0 Å². The number of thiazole rings is 1. The zero-order valence-corrected chi connectivity index (χ0v) is 12.0. The Hall–Kier alpha value is -1.49. The van der Waals surface area contributed by atoms with Gasteiger partial charge in [-0.3, -0.25) is 0 Å². The lowest BCUT2D eigenvalue weighted by molar-refractivity contribution is 0.571. The van der Waals surface area contributed by atoms with E-state index in [1.54, 1.807) is 17.5 Å². The number of nitrogens with one attached hydrogen (secondary N) is 1. The molecule has 2 rings (SSSR count). The second-order valence-corrected chi connectivity index (χ2v) is 6.19. The summed E-state index contributed by atoms with van der Waals surface area (Å²) < 4.78 is 0. The first kappa shape index (κ1) is 13.0. The summed E-state index contributed by atoms with van der Waals surface area (Å²) >= 11 is 1.67. The van der Waals surface area contributed by atoms with E-state index in [4.69, 9.17) is 0 Å². The van der Waals surface area contributed by atoms with Crippen molar-refractivity contribution >= 4 is 17.3 Å². The molecule has 0 aliphatic heterocycles. The first-order valence-corrected chi connectivity index (χ1v) is 6.81. The Bertz CT molecular complexity index is 528. The van der Waals surface area contributed by atoms with Crippen LogP contribution in [0, 0.1) is 6.92 Å². The lowest BCUT2D eigenvalue weighted by atomic mass is 9.93. The Balaban J connectivity index is 2.01. The summed E-state index contributed by atoms with van der Waals surface area (Å²) in [5.41, 5.74) is 2.20. The van der Waals surface area contributed by atoms with E-state index in [0.29, 0.717) is 12.5 Å². The number of anilines is 1. The number of hydrogen-bond acceptors (Lipinski definition) is 5. The summed E-state index contributed by atoms with van der Waals surface area (Å²) in [5, 5.41) is 6.37. The summed E-state index contributed by atoms with van der Waals surface area (Å²) in [5.74, 6) is 0.655. The molecule has 2 aromatic rings. The molecule has 0 fully saturated rings. The van der Waals surface area contributed by atoms with Gasteiger partial charge < -0.3 is 5.32 Å². The van der Waals surface area contributed by atoms with Crippen LogP contribution in [-0.2, 0) is 12.0 Å². The molecule has 0 saturated carbocycles. The molecule has 0 unspecified atom stereocenters.